The molecule has 0 bridgehead atoms. The molecule has 2 aromatic rings. The molecule has 1 N–H and O–H groups in total. The summed E-state index contributed by atoms with van der Waals surface area (Å²) in [7, 11) is 0. The summed E-state index contributed by atoms with van der Waals surface area (Å²) in [6.45, 7) is 4.01. The number of hydrogen-bond acceptors (Lipinski definition) is 3. The second kappa shape index (κ2) is 4.58. The molecular formula is C12H13ClN2O. The third kappa shape index (κ3) is 2.19. The van der Waals surface area contributed by atoms with Crippen LogP contribution in [0.2, 0.25) is 5.15 Å². The number of aryl methyl sites for hydroxylation is 1. The molecule has 2 heterocycles. The van der Waals surface area contributed by atoms with Crippen LogP contribution in [0.15, 0.2) is 35.1 Å². The van der Waals surface area contributed by atoms with Crippen LogP contribution in [-0.2, 0) is 0 Å². The van der Waals surface area contributed by atoms with Gasteiger partial charge in [0.1, 0.15) is 5.76 Å². The molecule has 1 atom stereocenters. The van der Waals surface area contributed by atoms with Crippen molar-refractivity contribution in [1.82, 2.24) is 4.98 Å². The molecule has 0 saturated carbocycles. The molecule has 16 heavy (non-hydrogen) atoms. The molecule has 0 fully saturated rings. The summed E-state index contributed by atoms with van der Waals surface area (Å²) in [5, 5.41) is 3.78. The number of pyridine rings is 1. The van der Waals surface area contributed by atoms with E-state index in [0.717, 1.165) is 17.0 Å². The van der Waals surface area contributed by atoms with Crippen LogP contribution in [0, 0.1) is 6.92 Å². The first-order chi connectivity index (χ1) is 7.68. The van der Waals surface area contributed by atoms with E-state index >= 15 is 0 Å². The average Bonchev–Trinajstić information content (AvgIpc) is 2.76. The molecule has 4 heteroatoms. The minimum Gasteiger partial charge on any atom is -0.467 e. The van der Waals surface area contributed by atoms with Crippen molar-refractivity contribution in [3.63, 3.8) is 0 Å². The van der Waals surface area contributed by atoms with Crippen LogP contribution in [0.4, 0.5) is 5.69 Å². The molecule has 0 aliphatic rings. The van der Waals surface area contributed by atoms with Crippen LogP contribution in [0.5, 0.6) is 0 Å². The topological polar surface area (TPSA) is 38.1 Å². The Bertz CT molecular complexity index is 448. The zero-order valence-corrected chi connectivity index (χ0v) is 9.95. The van der Waals surface area contributed by atoms with E-state index < -0.39 is 0 Å². The van der Waals surface area contributed by atoms with Gasteiger partial charge in [0.25, 0.3) is 0 Å². The summed E-state index contributed by atoms with van der Waals surface area (Å²) in [5.41, 5.74) is 1.92. The molecule has 3 nitrogen and oxygen atoms in total. The van der Waals surface area contributed by atoms with Gasteiger partial charge in [-0.15, -0.1) is 0 Å². The van der Waals surface area contributed by atoms with Gasteiger partial charge >= 0.3 is 0 Å². The van der Waals surface area contributed by atoms with Gasteiger partial charge in [-0.05, 0) is 37.6 Å². The summed E-state index contributed by atoms with van der Waals surface area (Å²) >= 11 is 6.03. The Morgan fingerprint density at radius 3 is 2.88 bits per heavy atom. The molecule has 0 aromatic carbocycles. The molecule has 2 rings (SSSR count). The lowest BCUT2D eigenvalue weighted by Gasteiger charge is -2.15. The molecule has 0 radical (unpaired) electrons. The highest BCUT2D eigenvalue weighted by Crippen LogP contribution is 2.27. The zero-order valence-electron chi connectivity index (χ0n) is 9.20. The number of aromatic nitrogens is 1. The molecule has 0 spiro atoms. The Kier molecular flexibility index (Phi) is 3.15. The number of nitrogens with zero attached hydrogens (tertiary/aromatic N) is 1. The normalized spacial score (nSPS) is 12.4. The molecule has 0 saturated heterocycles. The van der Waals surface area contributed by atoms with E-state index in [-0.39, 0.29) is 6.04 Å². The number of hydrogen-bond donors (Lipinski definition) is 1. The van der Waals surface area contributed by atoms with Gasteiger partial charge in [0.15, 0.2) is 5.15 Å². The zero-order chi connectivity index (χ0) is 11.5. The van der Waals surface area contributed by atoms with Crippen LogP contribution >= 0.6 is 11.6 Å². The monoisotopic (exact) mass is 236 g/mol. The first-order valence-corrected chi connectivity index (χ1v) is 5.47. The van der Waals surface area contributed by atoms with E-state index in [4.69, 9.17) is 16.0 Å². The molecule has 2 aromatic heterocycles. The molecule has 1 unspecified atom stereocenters. The number of rotatable bonds is 3. The van der Waals surface area contributed by atoms with Gasteiger partial charge in [0, 0.05) is 6.20 Å². The number of furan rings is 1. The SMILES string of the molecule is Cc1ccnc(Cl)c1NC(C)c1ccco1. The Hall–Kier alpha value is -1.48. The van der Waals surface area contributed by atoms with Gasteiger partial charge in [-0.2, -0.15) is 0 Å². The predicted molar refractivity (Wildman–Crippen MR) is 64.7 cm³/mol. The van der Waals surface area contributed by atoms with E-state index in [2.05, 4.69) is 10.3 Å². The van der Waals surface area contributed by atoms with Crippen molar-refractivity contribution in [3.8, 4) is 0 Å². The molecular weight excluding hydrogens is 224 g/mol. The lowest BCUT2D eigenvalue weighted by atomic mass is 10.2. The smallest absolute Gasteiger partial charge is 0.152 e. The van der Waals surface area contributed by atoms with Gasteiger partial charge in [-0.1, -0.05) is 11.6 Å². The largest absolute Gasteiger partial charge is 0.467 e. The van der Waals surface area contributed by atoms with Crippen LogP contribution in [0.3, 0.4) is 0 Å². The third-order valence-corrected chi connectivity index (χ3v) is 2.73. The van der Waals surface area contributed by atoms with Crippen LogP contribution in [-0.4, -0.2) is 4.98 Å². The minimum atomic E-state index is 0.0652. The third-order valence-electron chi connectivity index (χ3n) is 2.44. The maximum atomic E-state index is 6.03. The lowest BCUT2D eigenvalue weighted by molar-refractivity contribution is 0.490. The second-order valence-electron chi connectivity index (χ2n) is 3.68. The highest BCUT2D eigenvalue weighted by atomic mass is 35.5. The van der Waals surface area contributed by atoms with Crippen molar-refractivity contribution >= 4 is 17.3 Å². The Morgan fingerprint density at radius 2 is 2.25 bits per heavy atom. The Labute approximate surface area is 99.5 Å². The maximum Gasteiger partial charge on any atom is 0.152 e. The molecule has 0 aliphatic carbocycles. The quantitative estimate of drug-likeness (QED) is 0.824. The summed E-state index contributed by atoms with van der Waals surface area (Å²) in [5.74, 6) is 0.874. The standard InChI is InChI=1S/C12H13ClN2O/c1-8-5-6-14-12(13)11(8)15-9(2)10-4-3-7-16-10/h3-7,9,15H,1-2H3. The highest BCUT2D eigenvalue weighted by Gasteiger charge is 2.11. The fourth-order valence-corrected chi connectivity index (χ4v) is 1.78. The lowest BCUT2D eigenvalue weighted by Crippen LogP contribution is -2.07. The van der Waals surface area contributed by atoms with Gasteiger partial charge in [0.2, 0.25) is 0 Å². The minimum absolute atomic E-state index is 0.0652. The summed E-state index contributed by atoms with van der Waals surface area (Å²) in [4.78, 5) is 4.05. The first kappa shape index (κ1) is 11.0. The Balaban J connectivity index is 2.21. The molecule has 0 aliphatic heterocycles. The van der Waals surface area contributed by atoms with Crippen molar-refractivity contribution < 1.29 is 4.42 Å². The fourth-order valence-electron chi connectivity index (χ4n) is 1.52. The summed E-state index contributed by atoms with van der Waals surface area (Å²) in [6, 6.07) is 5.78. The maximum absolute atomic E-state index is 6.03. The van der Waals surface area contributed by atoms with Crippen LogP contribution in [0.25, 0.3) is 0 Å². The predicted octanol–water partition coefficient (Wildman–Crippen LogP) is 3.81. The van der Waals surface area contributed by atoms with Crippen molar-refractivity contribution in [2.75, 3.05) is 5.32 Å². The molecule has 0 amide bonds. The summed E-state index contributed by atoms with van der Waals surface area (Å²) < 4.78 is 5.32. The average molecular weight is 237 g/mol. The van der Waals surface area contributed by atoms with E-state index in [9.17, 15) is 0 Å². The van der Waals surface area contributed by atoms with Gasteiger partial charge < -0.3 is 9.73 Å². The van der Waals surface area contributed by atoms with Crippen LogP contribution < -0.4 is 5.32 Å². The second-order valence-corrected chi connectivity index (χ2v) is 4.03. The number of halogens is 1. The van der Waals surface area contributed by atoms with E-state index in [1.807, 2.05) is 32.0 Å². The van der Waals surface area contributed by atoms with Gasteiger partial charge in [-0.3, -0.25) is 0 Å². The first-order valence-electron chi connectivity index (χ1n) is 5.09. The Morgan fingerprint density at radius 1 is 1.44 bits per heavy atom. The van der Waals surface area contributed by atoms with E-state index in [1.165, 1.54) is 0 Å². The van der Waals surface area contributed by atoms with Crippen molar-refractivity contribution in [3.05, 3.63) is 47.1 Å². The molecule has 84 valence electrons. The number of nitrogens with one attached hydrogen (secondary N) is 1. The van der Waals surface area contributed by atoms with E-state index in [0.29, 0.717) is 5.15 Å². The highest BCUT2D eigenvalue weighted by molar-refractivity contribution is 6.32. The van der Waals surface area contributed by atoms with Crippen molar-refractivity contribution in [2.45, 2.75) is 19.9 Å². The van der Waals surface area contributed by atoms with Crippen molar-refractivity contribution in [2.24, 2.45) is 0 Å². The summed E-state index contributed by atoms with van der Waals surface area (Å²) in [6.07, 6.45) is 3.35. The van der Waals surface area contributed by atoms with Gasteiger partial charge in [0.05, 0.1) is 18.0 Å². The van der Waals surface area contributed by atoms with Crippen molar-refractivity contribution in [1.29, 1.82) is 0 Å². The van der Waals surface area contributed by atoms with Crippen LogP contribution in [0.1, 0.15) is 24.3 Å². The van der Waals surface area contributed by atoms with E-state index in [1.54, 1.807) is 12.5 Å². The fraction of sp³-hybridized carbons (Fsp3) is 0.250. The number of anilines is 1. The van der Waals surface area contributed by atoms with Gasteiger partial charge in [-0.25, -0.2) is 4.98 Å².